The lowest BCUT2D eigenvalue weighted by Gasteiger charge is -2.32. The third-order valence-electron chi connectivity index (χ3n) is 5.17. The van der Waals surface area contributed by atoms with Gasteiger partial charge in [0.25, 0.3) is 0 Å². The zero-order chi connectivity index (χ0) is 23.5. The Bertz CT molecular complexity index is 1060. The van der Waals surface area contributed by atoms with Gasteiger partial charge in [-0.3, -0.25) is 0 Å². The smallest absolute Gasteiger partial charge is 0.173 e. The summed E-state index contributed by atoms with van der Waals surface area (Å²) in [5, 5.41) is 15.4. The molecule has 6 nitrogen and oxygen atoms in total. The largest absolute Gasteiger partial charge is 0.378 e. The van der Waals surface area contributed by atoms with E-state index in [1.807, 2.05) is 20.2 Å². The fraction of sp³-hybridized carbons (Fsp3) is 0.375. The van der Waals surface area contributed by atoms with Gasteiger partial charge in [-0.2, -0.15) is 5.26 Å². The molecule has 0 atom stereocenters. The van der Waals surface area contributed by atoms with Crippen LogP contribution in [-0.4, -0.2) is 36.6 Å². The van der Waals surface area contributed by atoms with E-state index in [0.717, 1.165) is 40.4 Å². The van der Waals surface area contributed by atoms with Crippen LogP contribution in [0.15, 0.2) is 57.2 Å². The molecule has 1 aromatic carbocycles. The zero-order valence-electron chi connectivity index (χ0n) is 19.0. The molecule has 1 aromatic rings. The molecule has 0 unspecified atom stereocenters. The third kappa shape index (κ3) is 5.45. The Morgan fingerprint density at radius 1 is 1.25 bits per heavy atom. The highest BCUT2D eigenvalue weighted by molar-refractivity contribution is 7.80. The molecule has 32 heavy (non-hydrogen) atoms. The molecule has 0 saturated carbocycles. The number of nitriles is 1. The van der Waals surface area contributed by atoms with Crippen LogP contribution in [0.1, 0.15) is 39.2 Å². The van der Waals surface area contributed by atoms with E-state index in [4.69, 9.17) is 33.7 Å². The molecule has 0 fully saturated rings. The summed E-state index contributed by atoms with van der Waals surface area (Å²) in [6.45, 7) is 6.51. The van der Waals surface area contributed by atoms with Crippen molar-refractivity contribution in [2.45, 2.75) is 33.6 Å². The van der Waals surface area contributed by atoms with E-state index < -0.39 is 0 Å². The van der Waals surface area contributed by atoms with Crippen LogP contribution in [-0.2, 0) is 9.88 Å². The van der Waals surface area contributed by atoms with E-state index >= 15 is 0 Å². The van der Waals surface area contributed by atoms with Crippen molar-refractivity contribution in [3.05, 3.63) is 57.7 Å². The van der Waals surface area contributed by atoms with Crippen molar-refractivity contribution in [3.63, 3.8) is 0 Å². The van der Waals surface area contributed by atoms with Gasteiger partial charge in [0.15, 0.2) is 10.7 Å². The maximum atomic E-state index is 9.54. The Hall–Kier alpha value is -2.50. The number of anilines is 1. The number of rotatable bonds is 6. The first-order chi connectivity index (χ1) is 15.1. The van der Waals surface area contributed by atoms with Crippen molar-refractivity contribution in [1.82, 2.24) is 5.17 Å². The van der Waals surface area contributed by atoms with Gasteiger partial charge in [0, 0.05) is 24.8 Å². The highest BCUT2D eigenvalue weighted by atomic mass is 35.5. The van der Waals surface area contributed by atoms with Gasteiger partial charge in [0.2, 0.25) is 0 Å². The second-order valence-corrected chi connectivity index (χ2v) is 9.45. The highest BCUT2D eigenvalue weighted by Gasteiger charge is 2.33. The molecule has 0 amide bonds. The van der Waals surface area contributed by atoms with Crippen molar-refractivity contribution in [3.8, 4) is 6.07 Å². The van der Waals surface area contributed by atoms with Crippen LogP contribution in [0.2, 0.25) is 0 Å². The maximum Gasteiger partial charge on any atom is 0.173 e. The average molecular weight is 471 g/mol. The highest BCUT2D eigenvalue weighted by Crippen LogP contribution is 2.45. The fourth-order valence-corrected chi connectivity index (χ4v) is 4.16. The molecule has 0 spiro atoms. The van der Waals surface area contributed by atoms with E-state index in [2.05, 4.69) is 60.3 Å². The SMILES string of the molecule is CCOON1N=C(C#N)/C(=C/C2=C(Cl)C(=C/c3ccc(N(C)C)cc3)/CC(C)(C)C2)C1=S. The molecule has 1 aliphatic carbocycles. The van der Waals surface area contributed by atoms with Crippen LogP contribution in [0.3, 0.4) is 0 Å². The Morgan fingerprint density at radius 3 is 2.53 bits per heavy atom. The molecule has 3 rings (SSSR count). The van der Waals surface area contributed by atoms with E-state index in [1.54, 1.807) is 6.92 Å². The topological polar surface area (TPSA) is 61.1 Å². The van der Waals surface area contributed by atoms with Crippen molar-refractivity contribution in [2.75, 3.05) is 25.6 Å². The summed E-state index contributed by atoms with van der Waals surface area (Å²) < 4.78 is 0. The van der Waals surface area contributed by atoms with Crippen LogP contribution < -0.4 is 4.90 Å². The molecule has 2 aliphatic rings. The Labute approximate surface area is 199 Å². The van der Waals surface area contributed by atoms with Crippen molar-refractivity contribution in [2.24, 2.45) is 10.5 Å². The quantitative estimate of drug-likeness (QED) is 0.227. The van der Waals surface area contributed by atoms with E-state index in [0.29, 0.717) is 17.2 Å². The van der Waals surface area contributed by atoms with Crippen LogP contribution in [0.25, 0.3) is 6.08 Å². The fourth-order valence-electron chi connectivity index (χ4n) is 3.69. The number of hydrogen-bond acceptors (Lipinski definition) is 6. The first-order valence-electron chi connectivity index (χ1n) is 10.4. The van der Waals surface area contributed by atoms with Gasteiger partial charge in [-0.1, -0.05) is 66.0 Å². The lowest BCUT2D eigenvalue weighted by atomic mass is 9.74. The standard InChI is InChI=1S/C24H27ClN4O2S/c1-6-30-31-29-23(32)20(21(15-26)27-29)12-18-14-24(2,3)13-17(22(18)25)11-16-7-9-19(10-8-16)28(4)5/h7-12H,6,13-14H2,1-5H3/b17-11+,20-12-. The van der Waals surface area contributed by atoms with Crippen molar-refractivity contribution in [1.29, 1.82) is 5.26 Å². The van der Waals surface area contributed by atoms with Gasteiger partial charge < -0.3 is 4.90 Å². The van der Waals surface area contributed by atoms with Gasteiger partial charge in [-0.25, -0.2) is 4.89 Å². The monoisotopic (exact) mass is 470 g/mol. The third-order valence-corrected chi connectivity index (χ3v) is 6.03. The zero-order valence-corrected chi connectivity index (χ0v) is 20.5. The summed E-state index contributed by atoms with van der Waals surface area (Å²) in [7, 11) is 4.03. The lowest BCUT2D eigenvalue weighted by Crippen LogP contribution is -2.22. The minimum atomic E-state index is -0.00806. The number of hydroxylamine groups is 1. The van der Waals surface area contributed by atoms with Gasteiger partial charge in [0.1, 0.15) is 6.07 Å². The summed E-state index contributed by atoms with van der Waals surface area (Å²) in [6.07, 6.45) is 5.57. The van der Waals surface area contributed by atoms with Crippen molar-refractivity contribution >= 4 is 46.3 Å². The number of hydrogen-bond donors (Lipinski definition) is 0. The number of hydrazone groups is 1. The van der Waals surface area contributed by atoms with Gasteiger partial charge in [0.05, 0.1) is 12.2 Å². The Balaban J connectivity index is 1.98. The van der Waals surface area contributed by atoms with Gasteiger partial charge >= 0.3 is 0 Å². The predicted octanol–water partition coefficient (Wildman–Crippen LogP) is 5.78. The molecular formula is C24H27ClN4O2S. The second-order valence-electron chi connectivity index (χ2n) is 8.69. The predicted molar refractivity (Wildman–Crippen MR) is 133 cm³/mol. The summed E-state index contributed by atoms with van der Waals surface area (Å²) in [4.78, 5) is 12.3. The van der Waals surface area contributed by atoms with Crippen LogP contribution in [0, 0.1) is 16.7 Å². The van der Waals surface area contributed by atoms with Crippen LogP contribution in [0.5, 0.6) is 0 Å². The van der Waals surface area contributed by atoms with E-state index in [9.17, 15) is 5.26 Å². The molecule has 1 aliphatic heterocycles. The molecular weight excluding hydrogens is 444 g/mol. The number of thiocarbonyl (C=S) groups is 1. The molecule has 0 bridgehead atoms. The average Bonchev–Trinajstić information content (AvgIpc) is 3.04. The first-order valence-corrected chi connectivity index (χ1v) is 11.2. The number of allylic oxidation sites excluding steroid dienone is 4. The molecule has 0 radical (unpaired) electrons. The lowest BCUT2D eigenvalue weighted by molar-refractivity contribution is -0.398. The Morgan fingerprint density at radius 2 is 1.94 bits per heavy atom. The molecule has 8 heteroatoms. The molecule has 1 heterocycles. The Kier molecular flexibility index (Phi) is 7.52. The first kappa shape index (κ1) is 24.1. The summed E-state index contributed by atoms with van der Waals surface area (Å²) in [5.74, 6) is 0. The van der Waals surface area contributed by atoms with Crippen molar-refractivity contribution < 1.29 is 9.88 Å². The molecule has 0 saturated heterocycles. The van der Waals surface area contributed by atoms with Gasteiger partial charge in [-0.05, 0) is 60.1 Å². The molecule has 0 N–H and O–H groups in total. The maximum absolute atomic E-state index is 9.54. The van der Waals surface area contributed by atoms with E-state index in [-0.39, 0.29) is 16.1 Å². The minimum Gasteiger partial charge on any atom is -0.378 e. The van der Waals surface area contributed by atoms with Gasteiger partial charge in [-0.15, -0.1) is 5.10 Å². The normalized spacial score (nSPS) is 20.7. The molecule has 0 aromatic heterocycles. The second kappa shape index (κ2) is 9.97. The summed E-state index contributed by atoms with van der Waals surface area (Å²) >= 11 is 12.3. The van der Waals surface area contributed by atoms with Crippen LogP contribution in [0.4, 0.5) is 5.69 Å². The number of halogens is 1. The van der Waals surface area contributed by atoms with E-state index in [1.165, 1.54) is 0 Å². The summed E-state index contributed by atoms with van der Waals surface area (Å²) in [6, 6.07) is 10.4. The summed E-state index contributed by atoms with van der Waals surface area (Å²) in [5.41, 5.74) is 4.85. The molecule has 168 valence electrons. The number of nitrogens with zero attached hydrogens (tertiary/aromatic N) is 4. The minimum absolute atomic E-state index is 0.00806. The van der Waals surface area contributed by atoms with Crippen LogP contribution >= 0.6 is 23.8 Å². The number of benzene rings is 1.